The second kappa shape index (κ2) is 19.0. The lowest BCUT2D eigenvalue weighted by molar-refractivity contribution is -0.134. The van der Waals surface area contributed by atoms with Crippen LogP contribution in [0.1, 0.15) is 60.5 Å². The highest BCUT2D eigenvalue weighted by molar-refractivity contribution is 5.98. The molecule has 15 heteroatoms. The highest BCUT2D eigenvalue weighted by atomic mass is 16.4. The molecule has 0 saturated carbocycles. The van der Waals surface area contributed by atoms with E-state index < -0.39 is 71.7 Å². The second-order valence-electron chi connectivity index (χ2n) is 12.9. The molecule has 0 unspecified atom stereocenters. The minimum atomic E-state index is -1.78. The van der Waals surface area contributed by atoms with Gasteiger partial charge in [0.2, 0.25) is 17.7 Å². The minimum Gasteiger partial charge on any atom is -0.478 e. The minimum absolute atomic E-state index is 0.0433. The van der Waals surface area contributed by atoms with Crippen LogP contribution >= 0.6 is 0 Å². The average Bonchev–Trinajstić information content (AvgIpc) is 3.64. The molecule has 0 fully saturated rings. The van der Waals surface area contributed by atoms with Gasteiger partial charge in [-0.25, -0.2) is 4.79 Å². The maximum Gasteiger partial charge on any atom is 0.335 e. The maximum absolute atomic E-state index is 13.8. The molecule has 15 nitrogen and oxygen atoms in total. The number of nitrogens with one attached hydrogen (secondary N) is 6. The topological polar surface area (TPSA) is 245 Å². The van der Waals surface area contributed by atoms with Gasteiger partial charge in [-0.2, -0.15) is 0 Å². The zero-order valence-electron chi connectivity index (χ0n) is 29.0. The molecule has 5 amide bonds. The van der Waals surface area contributed by atoms with Crippen LogP contribution in [0.4, 0.5) is 5.69 Å². The van der Waals surface area contributed by atoms with Crippen LogP contribution in [-0.4, -0.2) is 87.5 Å². The molecule has 3 rings (SSSR count). The Balaban J connectivity index is 1.74. The molecule has 0 aliphatic carbocycles. The number of aromatic amines is 1. The summed E-state index contributed by atoms with van der Waals surface area (Å²) in [6.07, 6.45) is 0.0263. The number of aromatic nitrogens is 1. The quantitative estimate of drug-likeness (QED) is 0.0921. The molecule has 0 spiro atoms. The molecule has 0 saturated heterocycles. The van der Waals surface area contributed by atoms with Crippen molar-refractivity contribution < 1.29 is 39.0 Å². The predicted octanol–water partition coefficient (Wildman–Crippen LogP) is 1.17. The van der Waals surface area contributed by atoms with E-state index in [-0.39, 0.29) is 36.6 Å². The number of aromatic carboxylic acids is 1. The summed E-state index contributed by atoms with van der Waals surface area (Å²) in [6.45, 7) is 6.92. The molecular formula is C36H47N7O8. The standard InChI is InChI=1S/C36H47N7O8/c1-20(2)16-28(42-34(48)29(21(3)4)43-31(45)25(37)19-39-32(46)26-14-9-15-38-26)33(47)41-27(17-22-10-6-5-7-11-22)30(44)35(49)40-24-13-8-12-23(18-24)36(50)51/h5-15,18,20-21,25,27-30,38,44H,16-17,19,37H2,1-4H3,(H,39,46)(H,40,49)(H,41,47)(H,42,48)(H,43,45)(H,50,51)/t25-,27-,28-,29-,30+/m0/s1. The van der Waals surface area contributed by atoms with Gasteiger partial charge in [0.1, 0.15) is 23.8 Å². The van der Waals surface area contributed by atoms with Gasteiger partial charge in [0.15, 0.2) is 6.10 Å². The molecule has 0 aliphatic heterocycles. The summed E-state index contributed by atoms with van der Waals surface area (Å²) < 4.78 is 0. The molecule has 274 valence electrons. The third-order valence-electron chi connectivity index (χ3n) is 7.90. The van der Waals surface area contributed by atoms with E-state index >= 15 is 0 Å². The third-order valence-corrected chi connectivity index (χ3v) is 7.90. The fourth-order valence-corrected chi connectivity index (χ4v) is 5.14. The summed E-state index contributed by atoms with van der Waals surface area (Å²) in [7, 11) is 0. The summed E-state index contributed by atoms with van der Waals surface area (Å²) in [5.41, 5.74) is 7.07. The lowest BCUT2D eigenvalue weighted by Crippen LogP contribution is -2.60. The number of anilines is 1. The van der Waals surface area contributed by atoms with Crippen LogP contribution < -0.4 is 32.3 Å². The average molecular weight is 706 g/mol. The highest BCUT2D eigenvalue weighted by Crippen LogP contribution is 2.15. The monoisotopic (exact) mass is 705 g/mol. The fourth-order valence-electron chi connectivity index (χ4n) is 5.14. The van der Waals surface area contributed by atoms with Gasteiger partial charge in [-0.05, 0) is 60.6 Å². The van der Waals surface area contributed by atoms with Crippen molar-refractivity contribution in [2.45, 2.75) is 70.8 Å². The van der Waals surface area contributed by atoms with Crippen molar-refractivity contribution in [3.05, 3.63) is 89.7 Å². The van der Waals surface area contributed by atoms with Gasteiger partial charge in [0.25, 0.3) is 11.8 Å². The summed E-state index contributed by atoms with van der Waals surface area (Å²) >= 11 is 0. The zero-order chi connectivity index (χ0) is 37.7. The van der Waals surface area contributed by atoms with Gasteiger partial charge in [-0.3, -0.25) is 24.0 Å². The fraction of sp³-hybridized carbons (Fsp3) is 0.389. The molecule has 5 atom stereocenters. The number of hydrogen-bond acceptors (Lipinski definition) is 8. The molecule has 51 heavy (non-hydrogen) atoms. The molecule has 10 N–H and O–H groups in total. The SMILES string of the molecule is CC(C)C[C@H](NC(=O)[C@@H](NC(=O)[C@@H](N)CNC(=O)c1ccc[nH]1)C(C)C)C(=O)N[C@@H](Cc1ccccc1)[C@@H](O)C(=O)Nc1cccc(C(=O)O)c1. The van der Waals surface area contributed by atoms with Gasteiger partial charge >= 0.3 is 5.97 Å². The number of hydrogen-bond donors (Lipinski definition) is 9. The third kappa shape index (κ3) is 12.4. The number of carboxylic acids is 1. The van der Waals surface area contributed by atoms with Crippen LogP contribution in [0.25, 0.3) is 0 Å². The summed E-state index contributed by atoms with van der Waals surface area (Å²) in [4.78, 5) is 79.9. The van der Waals surface area contributed by atoms with E-state index in [2.05, 4.69) is 31.6 Å². The predicted molar refractivity (Wildman–Crippen MR) is 189 cm³/mol. The van der Waals surface area contributed by atoms with Gasteiger partial charge in [0, 0.05) is 18.4 Å². The first-order valence-electron chi connectivity index (χ1n) is 16.6. The lowest BCUT2D eigenvalue weighted by Gasteiger charge is -2.29. The maximum atomic E-state index is 13.8. The van der Waals surface area contributed by atoms with Crippen molar-refractivity contribution in [1.29, 1.82) is 0 Å². The normalized spacial score (nSPS) is 14.0. The van der Waals surface area contributed by atoms with Crippen molar-refractivity contribution in [2.24, 2.45) is 17.6 Å². The molecule has 0 radical (unpaired) electrons. The number of carboxylic acid groups (broad SMARTS) is 1. The van der Waals surface area contributed by atoms with E-state index in [1.807, 2.05) is 13.8 Å². The highest BCUT2D eigenvalue weighted by Gasteiger charge is 2.34. The Morgan fingerprint density at radius 2 is 1.51 bits per heavy atom. The van der Waals surface area contributed by atoms with E-state index in [0.29, 0.717) is 11.3 Å². The van der Waals surface area contributed by atoms with Crippen LogP contribution in [0.2, 0.25) is 0 Å². The van der Waals surface area contributed by atoms with Gasteiger partial charge in [-0.1, -0.05) is 64.1 Å². The van der Waals surface area contributed by atoms with Crippen LogP contribution in [0.5, 0.6) is 0 Å². The molecule has 2 aromatic carbocycles. The number of aliphatic hydroxyl groups is 1. The molecule has 0 bridgehead atoms. The van der Waals surface area contributed by atoms with E-state index in [9.17, 15) is 39.0 Å². The van der Waals surface area contributed by atoms with Crippen molar-refractivity contribution >= 4 is 41.2 Å². The smallest absolute Gasteiger partial charge is 0.335 e. The van der Waals surface area contributed by atoms with Crippen LogP contribution in [0.3, 0.4) is 0 Å². The first-order chi connectivity index (χ1) is 24.2. The Morgan fingerprint density at radius 3 is 2.12 bits per heavy atom. The number of aliphatic hydroxyl groups excluding tert-OH is 1. The number of rotatable bonds is 18. The number of nitrogens with two attached hydrogens (primary N) is 1. The largest absolute Gasteiger partial charge is 0.478 e. The summed E-state index contributed by atoms with van der Waals surface area (Å²) in [5, 5.41) is 33.6. The number of carbonyl (C=O) groups excluding carboxylic acids is 5. The Kier molecular flexibility index (Phi) is 14.9. The first kappa shape index (κ1) is 39.9. The van der Waals surface area contributed by atoms with E-state index in [1.165, 1.54) is 24.3 Å². The van der Waals surface area contributed by atoms with Crippen molar-refractivity contribution in [3.8, 4) is 0 Å². The van der Waals surface area contributed by atoms with Crippen molar-refractivity contribution in [2.75, 3.05) is 11.9 Å². The molecular weight excluding hydrogens is 658 g/mol. The van der Waals surface area contributed by atoms with E-state index in [4.69, 9.17) is 5.73 Å². The second-order valence-corrected chi connectivity index (χ2v) is 12.9. The van der Waals surface area contributed by atoms with Crippen LogP contribution in [0, 0.1) is 11.8 Å². The zero-order valence-corrected chi connectivity index (χ0v) is 29.0. The summed E-state index contributed by atoms with van der Waals surface area (Å²) in [5.74, 6) is -5.05. The number of amides is 5. The Hall–Kier alpha value is -5.54. The number of benzene rings is 2. The Bertz CT molecular complexity index is 1650. The van der Waals surface area contributed by atoms with E-state index in [0.717, 1.165) is 0 Å². The number of H-pyrrole nitrogens is 1. The summed E-state index contributed by atoms with van der Waals surface area (Å²) in [6, 6.07) is 13.0. The molecule has 1 aromatic heterocycles. The molecule has 3 aromatic rings. The van der Waals surface area contributed by atoms with Gasteiger partial charge in [0.05, 0.1) is 11.6 Å². The van der Waals surface area contributed by atoms with E-state index in [1.54, 1.807) is 62.5 Å². The molecule has 1 heterocycles. The first-order valence-corrected chi connectivity index (χ1v) is 16.6. The van der Waals surface area contributed by atoms with Crippen LogP contribution in [0.15, 0.2) is 72.9 Å². The number of carbonyl (C=O) groups is 6. The molecule has 0 aliphatic rings. The van der Waals surface area contributed by atoms with Gasteiger partial charge < -0.3 is 47.5 Å². The Morgan fingerprint density at radius 1 is 0.804 bits per heavy atom. The lowest BCUT2D eigenvalue weighted by atomic mass is 9.97. The van der Waals surface area contributed by atoms with Gasteiger partial charge in [-0.15, -0.1) is 0 Å². The van der Waals surface area contributed by atoms with Crippen molar-refractivity contribution in [3.63, 3.8) is 0 Å². The van der Waals surface area contributed by atoms with Crippen LogP contribution in [-0.2, 0) is 25.6 Å². The van der Waals surface area contributed by atoms with Crippen molar-refractivity contribution in [1.82, 2.24) is 26.3 Å². The Labute approximate surface area is 296 Å².